The van der Waals surface area contributed by atoms with Gasteiger partial charge in [0.1, 0.15) is 5.84 Å². The molecule has 0 bridgehead atoms. The second-order valence-corrected chi connectivity index (χ2v) is 7.77. The highest BCUT2D eigenvalue weighted by molar-refractivity contribution is 5.99. The highest BCUT2D eigenvalue weighted by atomic mass is 16.2. The zero-order valence-electron chi connectivity index (χ0n) is 18.1. The molecule has 6 heteroatoms. The molecule has 4 rings (SSSR count). The van der Waals surface area contributed by atoms with Crippen molar-refractivity contribution in [3.05, 3.63) is 90.0 Å². The van der Waals surface area contributed by atoms with E-state index in [-0.39, 0.29) is 5.91 Å². The maximum atomic E-state index is 13.1. The average molecular weight is 427 g/mol. The average Bonchev–Trinajstić information content (AvgIpc) is 2.84. The number of benzene rings is 3. The maximum absolute atomic E-state index is 13.1. The molecule has 32 heavy (non-hydrogen) atoms. The van der Waals surface area contributed by atoms with Gasteiger partial charge in [-0.15, -0.1) is 0 Å². The summed E-state index contributed by atoms with van der Waals surface area (Å²) in [6, 6.07) is 24.9. The van der Waals surface area contributed by atoms with Gasteiger partial charge in [-0.25, -0.2) is 4.99 Å². The van der Waals surface area contributed by atoms with Gasteiger partial charge in [0.15, 0.2) is 0 Å². The van der Waals surface area contributed by atoms with Crippen molar-refractivity contribution >= 4 is 23.3 Å². The van der Waals surface area contributed by atoms with Crippen molar-refractivity contribution in [3.63, 3.8) is 0 Å². The Bertz CT molecular complexity index is 1150. The third-order valence-electron chi connectivity index (χ3n) is 5.69. The number of carbonyl (C=O) groups is 2. The molecular formula is C26H26N4O2. The highest BCUT2D eigenvalue weighted by Gasteiger charge is 2.23. The lowest BCUT2D eigenvalue weighted by atomic mass is 10.0. The molecule has 0 radical (unpaired) electrons. The first kappa shape index (κ1) is 21.3. The number of nitrogens with two attached hydrogens (primary N) is 1. The molecule has 3 aromatic rings. The van der Waals surface area contributed by atoms with E-state index in [4.69, 9.17) is 5.73 Å². The maximum Gasteiger partial charge on any atom is 0.253 e. The van der Waals surface area contributed by atoms with Crippen LogP contribution in [0.15, 0.2) is 83.9 Å². The lowest BCUT2D eigenvalue weighted by Gasteiger charge is -2.36. The van der Waals surface area contributed by atoms with Crippen LogP contribution in [0, 0.1) is 0 Å². The number of primary amides is 1. The molecule has 1 fully saturated rings. The second-order valence-electron chi connectivity index (χ2n) is 7.77. The highest BCUT2D eigenvalue weighted by Crippen LogP contribution is 2.22. The first-order chi connectivity index (χ1) is 15.5. The van der Waals surface area contributed by atoms with Crippen molar-refractivity contribution in [1.82, 2.24) is 9.80 Å². The van der Waals surface area contributed by atoms with E-state index in [1.54, 1.807) is 18.2 Å². The molecule has 3 aromatic carbocycles. The smallest absolute Gasteiger partial charge is 0.253 e. The summed E-state index contributed by atoms with van der Waals surface area (Å²) < 4.78 is 0. The molecular weight excluding hydrogens is 400 g/mol. The second kappa shape index (κ2) is 9.47. The van der Waals surface area contributed by atoms with E-state index < -0.39 is 5.91 Å². The Kier molecular flexibility index (Phi) is 6.31. The lowest BCUT2D eigenvalue weighted by molar-refractivity contribution is 0.0691. The van der Waals surface area contributed by atoms with E-state index in [2.05, 4.69) is 9.89 Å². The minimum atomic E-state index is -0.495. The summed E-state index contributed by atoms with van der Waals surface area (Å²) in [6.45, 7) is 4.49. The summed E-state index contributed by atoms with van der Waals surface area (Å²) in [5.41, 5.74) is 9.24. The van der Waals surface area contributed by atoms with E-state index in [9.17, 15) is 9.59 Å². The van der Waals surface area contributed by atoms with Crippen molar-refractivity contribution in [2.75, 3.05) is 26.2 Å². The van der Waals surface area contributed by atoms with Crippen LogP contribution in [0.5, 0.6) is 0 Å². The first-order valence-electron chi connectivity index (χ1n) is 10.7. The summed E-state index contributed by atoms with van der Waals surface area (Å²) in [4.78, 5) is 33.4. The topological polar surface area (TPSA) is 79.0 Å². The summed E-state index contributed by atoms with van der Waals surface area (Å²) in [6.07, 6.45) is 0. The van der Waals surface area contributed by atoms with Gasteiger partial charge in [-0.05, 0) is 42.3 Å². The van der Waals surface area contributed by atoms with E-state index in [0.29, 0.717) is 43.0 Å². The molecule has 0 aromatic heterocycles. The number of aliphatic imine (C=N–C) groups is 1. The zero-order chi connectivity index (χ0) is 22.5. The van der Waals surface area contributed by atoms with Gasteiger partial charge in [0.25, 0.3) is 11.8 Å². The monoisotopic (exact) mass is 426 g/mol. The van der Waals surface area contributed by atoms with Crippen molar-refractivity contribution in [1.29, 1.82) is 0 Å². The molecule has 0 saturated carbocycles. The van der Waals surface area contributed by atoms with Crippen LogP contribution >= 0.6 is 0 Å². The van der Waals surface area contributed by atoms with Gasteiger partial charge in [-0.3, -0.25) is 9.59 Å². The van der Waals surface area contributed by atoms with Gasteiger partial charge >= 0.3 is 0 Å². The van der Waals surface area contributed by atoms with Gasteiger partial charge in [0.2, 0.25) is 0 Å². The number of nitrogens with zero attached hydrogens (tertiary/aromatic N) is 3. The summed E-state index contributed by atoms with van der Waals surface area (Å²) in [5.74, 6) is 0.346. The normalized spacial score (nSPS) is 14.3. The van der Waals surface area contributed by atoms with E-state index in [1.165, 1.54) is 0 Å². The van der Waals surface area contributed by atoms with Gasteiger partial charge in [0.05, 0.1) is 11.3 Å². The fourth-order valence-electron chi connectivity index (χ4n) is 3.90. The van der Waals surface area contributed by atoms with Crippen LogP contribution < -0.4 is 5.73 Å². The number of hydrogen-bond donors (Lipinski definition) is 1. The van der Waals surface area contributed by atoms with Crippen LogP contribution in [0.3, 0.4) is 0 Å². The SMILES string of the molecule is C/C(=N\c1ccccc1C(N)=O)N1CCN(C(=O)c2cccc(-c3ccccc3)c2)CC1. The quantitative estimate of drug-likeness (QED) is 0.507. The number of carbonyl (C=O) groups excluding carboxylic acids is 2. The van der Waals surface area contributed by atoms with E-state index >= 15 is 0 Å². The van der Waals surface area contributed by atoms with Crippen LogP contribution in [0.25, 0.3) is 11.1 Å². The van der Waals surface area contributed by atoms with Crippen LogP contribution in [0.2, 0.25) is 0 Å². The third-order valence-corrected chi connectivity index (χ3v) is 5.69. The minimum absolute atomic E-state index is 0.0381. The number of hydrogen-bond acceptors (Lipinski definition) is 3. The molecule has 1 aliphatic heterocycles. The van der Waals surface area contributed by atoms with Gasteiger partial charge in [0, 0.05) is 31.7 Å². The predicted octanol–water partition coefficient (Wildman–Crippen LogP) is 3.96. The zero-order valence-corrected chi connectivity index (χ0v) is 18.1. The molecule has 0 aliphatic carbocycles. The molecule has 6 nitrogen and oxygen atoms in total. The van der Waals surface area contributed by atoms with Crippen molar-refractivity contribution in [2.24, 2.45) is 10.7 Å². The summed E-state index contributed by atoms with van der Waals surface area (Å²) in [7, 11) is 0. The molecule has 1 saturated heterocycles. The fourth-order valence-corrected chi connectivity index (χ4v) is 3.90. The van der Waals surface area contributed by atoms with Crippen LogP contribution in [-0.4, -0.2) is 53.6 Å². The molecule has 1 aliphatic rings. The van der Waals surface area contributed by atoms with E-state index in [1.807, 2.05) is 72.5 Å². The Morgan fingerprint density at radius 3 is 2.12 bits per heavy atom. The molecule has 162 valence electrons. The molecule has 0 atom stereocenters. The first-order valence-corrected chi connectivity index (χ1v) is 10.7. The molecule has 1 heterocycles. The molecule has 2 N–H and O–H groups in total. The number of para-hydroxylation sites is 1. The number of rotatable bonds is 4. The Morgan fingerprint density at radius 1 is 0.781 bits per heavy atom. The minimum Gasteiger partial charge on any atom is -0.366 e. The van der Waals surface area contributed by atoms with Crippen molar-refractivity contribution in [3.8, 4) is 11.1 Å². The Balaban J connectivity index is 1.43. The third kappa shape index (κ3) is 4.70. The number of amides is 2. The van der Waals surface area contributed by atoms with Gasteiger partial charge < -0.3 is 15.5 Å². The standard InChI is InChI=1S/C26H26N4O2/c1-19(28-24-13-6-5-12-23(24)25(27)31)29-14-16-30(17-15-29)26(32)22-11-7-10-21(18-22)20-8-3-2-4-9-20/h2-13,18H,14-17H2,1H3,(H2,27,31)/b28-19+. The Labute approximate surface area is 188 Å². The lowest BCUT2D eigenvalue weighted by Crippen LogP contribution is -2.50. The largest absolute Gasteiger partial charge is 0.366 e. The van der Waals surface area contributed by atoms with Gasteiger partial charge in [-0.2, -0.15) is 0 Å². The fraction of sp³-hybridized carbons (Fsp3) is 0.192. The summed E-state index contributed by atoms with van der Waals surface area (Å²) >= 11 is 0. The van der Waals surface area contributed by atoms with Gasteiger partial charge in [-0.1, -0.05) is 54.6 Å². The van der Waals surface area contributed by atoms with Crippen LogP contribution in [0.1, 0.15) is 27.6 Å². The Hall–Kier alpha value is -3.93. The van der Waals surface area contributed by atoms with E-state index in [0.717, 1.165) is 17.0 Å². The number of piperazine rings is 1. The van der Waals surface area contributed by atoms with Crippen molar-refractivity contribution in [2.45, 2.75) is 6.92 Å². The molecule has 2 amide bonds. The Morgan fingerprint density at radius 2 is 1.41 bits per heavy atom. The molecule has 0 unspecified atom stereocenters. The number of amidine groups is 1. The van der Waals surface area contributed by atoms with Crippen LogP contribution in [0.4, 0.5) is 5.69 Å². The molecule has 0 spiro atoms. The van der Waals surface area contributed by atoms with Crippen molar-refractivity contribution < 1.29 is 9.59 Å². The van der Waals surface area contributed by atoms with Crippen LogP contribution in [-0.2, 0) is 0 Å². The predicted molar refractivity (Wildman–Crippen MR) is 127 cm³/mol. The summed E-state index contributed by atoms with van der Waals surface area (Å²) in [5, 5.41) is 0.